The summed E-state index contributed by atoms with van der Waals surface area (Å²) in [6.45, 7) is 6.38. The molecule has 0 unspecified atom stereocenters. The lowest BCUT2D eigenvalue weighted by Gasteiger charge is -2.31. The maximum Gasteiger partial charge on any atom is 0.306 e. The van der Waals surface area contributed by atoms with Crippen LogP contribution in [-0.4, -0.2) is 32.1 Å². The molecule has 0 saturated carbocycles. The van der Waals surface area contributed by atoms with Gasteiger partial charge in [0.1, 0.15) is 12.4 Å². The van der Waals surface area contributed by atoms with Crippen molar-refractivity contribution in [3.63, 3.8) is 0 Å². The molecular weight excluding hydrogens is 196 g/mol. The van der Waals surface area contributed by atoms with E-state index in [0.717, 1.165) is 12.8 Å². The van der Waals surface area contributed by atoms with E-state index >= 15 is 0 Å². The van der Waals surface area contributed by atoms with E-state index in [0.29, 0.717) is 13.0 Å². The van der Waals surface area contributed by atoms with Crippen molar-refractivity contribution >= 4 is 5.97 Å². The number of esters is 1. The summed E-state index contributed by atoms with van der Waals surface area (Å²) < 4.78 is 15.5. The van der Waals surface area contributed by atoms with Gasteiger partial charge in [-0.05, 0) is 12.8 Å². The second kappa shape index (κ2) is 7.65. The molecule has 0 spiro atoms. The standard InChI is InChI=1S/C11H22O4/c1-5-10(12)15-11(6-2,7-3)8-14-9-13-4/h5-9H2,1-4H3. The molecule has 0 heterocycles. The molecule has 0 amide bonds. The third-order valence-electron chi connectivity index (χ3n) is 2.47. The highest BCUT2D eigenvalue weighted by Gasteiger charge is 2.30. The van der Waals surface area contributed by atoms with Crippen molar-refractivity contribution in [1.29, 1.82) is 0 Å². The summed E-state index contributed by atoms with van der Waals surface area (Å²) in [5.41, 5.74) is -0.494. The molecule has 0 atom stereocenters. The summed E-state index contributed by atoms with van der Waals surface area (Å²) >= 11 is 0. The molecule has 0 aromatic rings. The Balaban J connectivity index is 4.23. The van der Waals surface area contributed by atoms with E-state index < -0.39 is 5.60 Å². The van der Waals surface area contributed by atoms with Crippen molar-refractivity contribution in [1.82, 2.24) is 0 Å². The fourth-order valence-corrected chi connectivity index (χ4v) is 1.25. The second-order valence-electron chi connectivity index (χ2n) is 3.47. The molecule has 0 fully saturated rings. The third-order valence-corrected chi connectivity index (χ3v) is 2.47. The second-order valence-corrected chi connectivity index (χ2v) is 3.47. The van der Waals surface area contributed by atoms with Gasteiger partial charge in [0.15, 0.2) is 0 Å². The maximum atomic E-state index is 11.3. The van der Waals surface area contributed by atoms with Crippen LogP contribution >= 0.6 is 0 Å². The van der Waals surface area contributed by atoms with Gasteiger partial charge >= 0.3 is 5.97 Å². The van der Waals surface area contributed by atoms with Crippen molar-refractivity contribution in [3.05, 3.63) is 0 Å². The van der Waals surface area contributed by atoms with Crippen molar-refractivity contribution in [2.24, 2.45) is 0 Å². The van der Waals surface area contributed by atoms with Gasteiger partial charge in [-0.3, -0.25) is 4.79 Å². The fourth-order valence-electron chi connectivity index (χ4n) is 1.25. The fraction of sp³-hybridized carbons (Fsp3) is 0.909. The van der Waals surface area contributed by atoms with E-state index in [-0.39, 0.29) is 12.8 Å². The minimum Gasteiger partial charge on any atom is -0.457 e. The van der Waals surface area contributed by atoms with Gasteiger partial charge in [0.25, 0.3) is 0 Å². The summed E-state index contributed by atoms with van der Waals surface area (Å²) in [4.78, 5) is 11.3. The van der Waals surface area contributed by atoms with Crippen LogP contribution in [0.2, 0.25) is 0 Å². The molecule has 0 aliphatic carbocycles. The summed E-state index contributed by atoms with van der Waals surface area (Å²) in [5.74, 6) is -0.181. The lowest BCUT2D eigenvalue weighted by atomic mass is 9.98. The van der Waals surface area contributed by atoms with E-state index in [1.54, 1.807) is 14.0 Å². The van der Waals surface area contributed by atoms with Crippen LogP contribution in [-0.2, 0) is 19.0 Å². The van der Waals surface area contributed by atoms with Crippen molar-refractivity contribution in [2.45, 2.75) is 45.6 Å². The summed E-state index contributed by atoms with van der Waals surface area (Å²) in [5, 5.41) is 0. The van der Waals surface area contributed by atoms with Gasteiger partial charge in [0, 0.05) is 13.5 Å². The van der Waals surface area contributed by atoms with Crippen LogP contribution in [0.25, 0.3) is 0 Å². The SMILES string of the molecule is CCC(=O)OC(CC)(CC)COCOC. The minimum absolute atomic E-state index is 0.181. The van der Waals surface area contributed by atoms with Gasteiger partial charge in [-0.25, -0.2) is 0 Å². The first kappa shape index (κ1) is 14.4. The number of hydrogen-bond donors (Lipinski definition) is 0. The van der Waals surface area contributed by atoms with E-state index in [4.69, 9.17) is 14.2 Å². The Labute approximate surface area is 91.9 Å². The van der Waals surface area contributed by atoms with E-state index in [1.165, 1.54) is 0 Å². The van der Waals surface area contributed by atoms with Gasteiger partial charge in [-0.1, -0.05) is 20.8 Å². The Hall–Kier alpha value is -0.610. The summed E-state index contributed by atoms with van der Waals surface area (Å²) in [7, 11) is 1.57. The summed E-state index contributed by atoms with van der Waals surface area (Å²) in [6, 6.07) is 0. The Morgan fingerprint density at radius 3 is 2.20 bits per heavy atom. The lowest BCUT2D eigenvalue weighted by Crippen LogP contribution is -2.39. The number of carbonyl (C=O) groups excluding carboxylic acids is 1. The first-order chi connectivity index (χ1) is 7.14. The number of hydrogen-bond acceptors (Lipinski definition) is 4. The van der Waals surface area contributed by atoms with Crippen LogP contribution in [0.5, 0.6) is 0 Å². The molecule has 0 aromatic carbocycles. The average molecular weight is 218 g/mol. The van der Waals surface area contributed by atoms with Crippen LogP contribution in [0.3, 0.4) is 0 Å². The molecule has 0 saturated heterocycles. The zero-order chi connectivity index (χ0) is 11.7. The molecule has 0 bridgehead atoms. The third kappa shape index (κ3) is 5.14. The molecular formula is C11H22O4. The molecule has 0 N–H and O–H groups in total. The van der Waals surface area contributed by atoms with Crippen LogP contribution < -0.4 is 0 Å². The Morgan fingerprint density at radius 1 is 1.20 bits per heavy atom. The highest BCUT2D eigenvalue weighted by Crippen LogP contribution is 2.21. The van der Waals surface area contributed by atoms with Gasteiger partial charge in [0.05, 0.1) is 6.61 Å². The molecule has 0 aliphatic rings. The Kier molecular flexibility index (Phi) is 7.34. The number of rotatable bonds is 8. The van der Waals surface area contributed by atoms with Gasteiger partial charge in [0.2, 0.25) is 0 Å². The van der Waals surface area contributed by atoms with Crippen LogP contribution in [0, 0.1) is 0 Å². The molecule has 4 nitrogen and oxygen atoms in total. The van der Waals surface area contributed by atoms with Crippen molar-refractivity contribution in [2.75, 3.05) is 20.5 Å². The normalized spacial score (nSPS) is 11.5. The first-order valence-corrected chi connectivity index (χ1v) is 5.42. The lowest BCUT2D eigenvalue weighted by molar-refractivity contribution is -0.173. The summed E-state index contributed by atoms with van der Waals surface area (Å²) in [6.07, 6.45) is 1.89. The largest absolute Gasteiger partial charge is 0.457 e. The molecule has 15 heavy (non-hydrogen) atoms. The smallest absolute Gasteiger partial charge is 0.306 e. The Bertz CT molecular complexity index is 175. The molecule has 0 aliphatic heterocycles. The number of methoxy groups -OCH3 is 1. The van der Waals surface area contributed by atoms with E-state index in [9.17, 15) is 4.79 Å². The minimum atomic E-state index is -0.494. The zero-order valence-electron chi connectivity index (χ0n) is 10.2. The highest BCUT2D eigenvalue weighted by atomic mass is 16.7. The van der Waals surface area contributed by atoms with Crippen LogP contribution in [0.4, 0.5) is 0 Å². The van der Waals surface area contributed by atoms with Crippen molar-refractivity contribution < 1.29 is 19.0 Å². The molecule has 90 valence electrons. The quantitative estimate of drug-likeness (QED) is 0.355. The monoisotopic (exact) mass is 218 g/mol. The number of carbonyl (C=O) groups is 1. The zero-order valence-corrected chi connectivity index (χ0v) is 10.2. The van der Waals surface area contributed by atoms with Gasteiger partial charge in [-0.15, -0.1) is 0 Å². The van der Waals surface area contributed by atoms with Crippen LogP contribution in [0.1, 0.15) is 40.0 Å². The maximum absolute atomic E-state index is 11.3. The van der Waals surface area contributed by atoms with E-state index in [1.807, 2.05) is 13.8 Å². The molecule has 0 aromatic heterocycles. The number of ether oxygens (including phenoxy) is 3. The Morgan fingerprint density at radius 2 is 1.80 bits per heavy atom. The molecule has 4 heteroatoms. The van der Waals surface area contributed by atoms with Crippen molar-refractivity contribution in [3.8, 4) is 0 Å². The molecule has 0 rings (SSSR count). The topological polar surface area (TPSA) is 44.8 Å². The highest BCUT2D eigenvalue weighted by molar-refractivity contribution is 5.69. The predicted molar refractivity (Wildman–Crippen MR) is 57.5 cm³/mol. The van der Waals surface area contributed by atoms with Gasteiger partial charge in [-0.2, -0.15) is 0 Å². The van der Waals surface area contributed by atoms with Gasteiger partial charge < -0.3 is 14.2 Å². The van der Waals surface area contributed by atoms with E-state index in [2.05, 4.69) is 0 Å². The average Bonchev–Trinajstić information content (AvgIpc) is 2.27. The first-order valence-electron chi connectivity index (χ1n) is 5.42. The van der Waals surface area contributed by atoms with Crippen LogP contribution in [0.15, 0.2) is 0 Å². The molecule has 0 radical (unpaired) electrons. The predicted octanol–water partition coefficient (Wildman–Crippen LogP) is 2.12.